The van der Waals surface area contributed by atoms with Crippen LogP contribution >= 0.6 is 0 Å². The number of hydrogen-bond acceptors (Lipinski definition) is 0. The highest BCUT2D eigenvalue weighted by Gasteiger charge is 2.41. The van der Waals surface area contributed by atoms with E-state index in [1.807, 2.05) is 0 Å². The van der Waals surface area contributed by atoms with Crippen LogP contribution in [0.25, 0.3) is 0 Å². The maximum Gasteiger partial charge on any atom is -0.0300 e. The zero-order valence-electron chi connectivity index (χ0n) is 8.48. The van der Waals surface area contributed by atoms with Gasteiger partial charge in [0.1, 0.15) is 0 Å². The van der Waals surface area contributed by atoms with E-state index in [0.717, 1.165) is 17.3 Å². The summed E-state index contributed by atoms with van der Waals surface area (Å²) in [5.41, 5.74) is 0.745. The van der Waals surface area contributed by atoms with Gasteiger partial charge in [-0.2, -0.15) is 0 Å². The van der Waals surface area contributed by atoms with Crippen LogP contribution in [-0.2, 0) is 0 Å². The van der Waals surface area contributed by atoms with Crippen molar-refractivity contribution in [3.8, 4) is 0 Å². The van der Waals surface area contributed by atoms with Crippen LogP contribution in [0.2, 0.25) is 0 Å². The Morgan fingerprint density at radius 1 is 1.09 bits per heavy atom. The third-order valence-electron chi connectivity index (χ3n) is 3.41. The Labute approximate surface area is 71.4 Å². The zero-order valence-corrected chi connectivity index (χ0v) is 8.48. The molecule has 1 aliphatic carbocycles. The van der Waals surface area contributed by atoms with Crippen LogP contribution in [0, 0.1) is 17.3 Å². The van der Waals surface area contributed by atoms with Crippen molar-refractivity contribution in [1.29, 1.82) is 0 Å². The molecule has 0 saturated heterocycles. The topological polar surface area (TPSA) is 0 Å². The summed E-state index contributed by atoms with van der Waals surface area (Å²) in [6.07, 6.45) is 5.81. The predicted octanol–water partition coefficient (Wildman–Crippen LogP) is 3.86. The minimum Gasteiger partial charge on any atom is -0.0628 e. The highest BCUT2D eigenvalue weighted by Crippen LogP contribution is 2.52. The molecule has 0 aliphatic heterocycles. The van der Waals surface area contributed by atoms with Crippen LogP contribution in [0.4, 0.5) is 0 Å². The van der Waals surface area contributed by atoms with Gasteiger partial charge in [-0.1, -0.05) is 34.1 Å². The SMILES string of the molecule is CC(C)CCC(C)C1(C)CC1. The maximum atomic E-state index is 2.44. The average molecular weight is 154 g/mol. The summed E-state index contributed by atoms with van der Waals surface area (Å²) in [5.74, 6) is 1.85. The third kappa shape index (κ3) is 2.50. The third-order valence-corrected chi connectivity index (χ3v) is 3.41. The molecule has 1 saturated carbocycles. The smallest absolute Gasteiger partial charge is 0.0300 e. The Morgan fingerprint density at radius 3 is 2.00 bits per heavy atom. The minimum absolute atomic E-state index is 0.745. The first-order chi connectivity index (χ1) is 5.04. The lowest BCUT2D eigenvalue weighted by Gasteiger charge is -2.19. The molecular formula is C11H22. The van der Waals surface area contributed by atoms with E-state index in [-0.39, 0.29) is 0 Å². The second-order valence-electron chi connectivity index (χ2n) is 5.03. The zero-order chi connectivity index (χ0) is 8.48. The highest BCUT2D eigenvalue weighted by atomic mass is 14.5. The van der Waals surface area contributed by atoms with Gasteiger partial charge in [-0.25, -0.2) is 0 Å². The van der Waals surface area contributed by atoms with E-state index in [9.17, 15) is 0 Å². The van der Waals surface area contributed by atoms with Crippen molar-refractivity contribution in [2.45, 2.75) is 53.4 Å². The first-order valence-corrected chi connectivity index (χ1v) is 5.04. The fourth-order valence-corrected chi connectivity index (χ4v) is 1.62. The van der Waals surface area contributed by atoms with Crippen LogP contribution in [0.5, 0.6) is 0 Å². The van der Waals surface area contributed by atoms with Crippen molar-refractivity contribution in [2.24, 2.45) is 17.3 Å². The summed E-state index contributed by atoms with van der Waals surface area (Å²) in [6.45, 7) is 9.51. The van der Waals surface area contributed by atoms with Crippen molar-refractivity contribution >= 4 is 0 Å². The van der Waals surface area contributed by atoms with Crippen molar-refractivity contribution in [1.82, 2.24) is 0 Å². The molecule has 1 fully saturated rings. The summed E-state index contributed by atoms with van der Waals surface area (Å²) < 4.78 is 0. The van der Waals surface area contributed by atoms with Crippen LogP contribution in [-0.4, -0.2) is 0 Å². The van der Waals surface area contributed by atoms with Gasteiger partial charge in [0.15, 0.2) is 0 Å². The molecule has 0 radical (unpaired) electrons. The molecule has 11 heavy (non-hydrogen) atoms. The monoisotopic (exact) mass is 154 g/mol. The lowest BCUT2D eigenvalue weighted by atomic mass is 9.87. The van der Waals surface area contributed by atoms with Gasteiger partial charge < -0.3 is 0 Å². The molecule has 66 valence electrons. The van der Waals surface area contributed by atoms with Crippen molar-refractivity contribution in [2.75, 3.05) is 0 Å². The van der Waals surface area contributed by atoms with Crippen molar-refractivity contribution < 1.29 is 0 Å². The van der Waals surface area contributed by atoms with Gasteiger partial charge in [0.25, 0.3) is 0 Å². The van der Waals surface area contributed by atoms with E-state index >= 15 is 0 Å². The van der Waals surface area contributed by atoms with Crippen LogP contribution in [0.3, 0.4) is 0 Å². The molecule has 0 spiro atoms. The molecule has 1 atom stereocenters. The molecule has 1 aliphatic rings. The first kappa shape index (κ1) is 9.09. The Hall–Kier alpha value is 0. The van der Waals surface area contributed by atoms with E-state index in [0.29, 0.717) is 0 Å². The van der Waals surface area contributed by atoms with Gasteiger partial charge in [-0.05, 0) is 36.5 Å². The molecule has 0 aromatic rings. The van der Waals surface area contributed by atoms with Gasteiger partial charge in [0.2, 0.25) is 0 Å². The summed E-state index contributed by atoms with van der Waals surface area (Å²) in [4.78, 5) is 0. The van der Waals surface area contributed by atoms with Crippen molar-refractivity contribution in [3.63, 3.8) is 0 Å². The number of hydrogen-bond donors (Lipinski definition) is 0. The van der Waals surface area contributed by atoms with E-state index in [1.165, 1.54) is 25.7 Å². The van der Waals surface area contributed by atoms with Gasteiger partial charge in [0.05, 0.1) is 0 Å². The van der Waals surface area contributed by atoms with E-state index < -0.39 is 0 Å². The fourth-order valence-electron chi connectivity index (χ4n) is 1.62. The lowest BCUT2D eigenvalue weighted by molar-refractivity contribution is 0.317. The Morgan fingerprint density at radius 2 is 1.64 bits per heavy atom. The Bertz CT molecular complexity index is 120. The molecular weight excluding hydrogens is 132 g/mol. The van der Waals surface area contributed by atoms with Crippen LogP contribution < -0.4 is 0 Å². The van der Waals surface area contributed by atoms with Crippen LogP contribution in [0.15, 0.2) is 0 Å². The minimum atomic E-state index is 0.745. The largest absolute Gasteiger partial charge is 0.0628 e. The van der Waals surface area contributed by atoms with Crippen LogP contribution in [0.1, 0.15) is 53.4 Å². The Balaban J connectivity index is 2.16. The standard InChI is InChI=1S/C11H22/c1-9(2)5-6-10(3)11(4)7-8-11/h9-10H,5-8H2,1-4H3. The molecule has 0 N–H and O–H groups in total. The molecule has 0 bridgehead atoms. The summed E-state index contributed by atoms with van der Waals surface area (Å²) in [5, 5.41) is 0. The second kappa shape index (κ2) is 3.16. The second-order valence-corrected chi connectivity index (χ2v) is 5.03. The molecule has 1 rings (SSSR count). The molecule has 0 nitrogen and oxygen atoms in total. The summed E-state index contributed by atoms with van der Waals surface area (Å²) in [6, 6.07) is 0. The summed E-state index contributed by atoms with van der Waals surface area (Å²) in [7, 11) is 0. The fraction of sp³-hybridized carbons (Fsp3) is 1.00. The van der Waals surface area contributed by atoms with Crippen molar-refractivity contribution in [3.05, 3.63) is 0 Å². The van der Waals surface area contributed by atoms with E-state index in [4.69, 9.17) is 0 Å². The molecule has 0 amide bonds. The maximum absolute atomic E-state index is 2.44. The Kier molecular flexibility index (Phi) is 2.61. The highest BCUT2D eigenvalue weighted by molar-refractivity contribution is 4.92. The normalized spacial score (nSPS) is 23.7. The van der Waals surface area contributed by atoms with E-state index in [2.05, 4.69) is 27.7 Å². The summed E-state index contributed by atoms with van der Waals surface area (Å²) >= 11 is 0. The number of rotatable bonds is 4. The lowest BCUT2D eigenvalue weighted by Crippen LogP contribution is -2.09. The van der Waals surface area contributed by atoms with Gasteiger partial charge >= 0.3 is 0 Å². The molecule has 1 unspecified atom stereocenters. The molecule has 0 aromatic carbocycles. The predicted molar refractivity (Wildman–Crippen MR) is 50.6 cm³/mol. The van der Waals surface area contributed by atoms with Gasteiger partial charge in [0, 0.05) is 0 Å². The quantitative estimate of drug-likeness (QED) is 0.577. The van der Waals surface area contributed by atoms with E-state index in [1.54, 1.807) is 0 Å². The van der Waals surface area contributed by atoms with Gasteiger partial charge in [-0.3, -0.25) is 0 Å². The average Bonchev–Trinajstić information content (AvgIpc) is 2.64. The molecule has 0 aromatic heterocycles. The first-order valence-electron chi connectivity index (χ1n) is 5.04. The molecule has 0 heterocycles. The molecule has 0 heteroatoms. The van der Waals surface area contributed by atoms with Gasteiger partial charge in [-0.15, -0.1) is 0 Å².